The molecular weight excluding hydrogens is 296 g/mol. The molecular formula is C18H32O5. The van der Waals surface area contributed by atoms with Crippen molar-refractivity contribution in [2.45, 2.75) is 65.7 Å². The van der Waals surface area contributed by atoms with E-state index in [-0.39, 0.29) is 17.9 Å². The minimum absolute atomic E-state index is 0.144. The van der Waals surface area contributed by atoms with Crippen LogP contribution >= 0.6 is 0 Å². The van der Waals surface area contributed by atoms with Crippen LogP contribution in [0.2, 0.25) is 0 Å². The first-order valence-corrected chi connectivity index (χ1v) is 8.71. The zero-order chi connectivity index (χ0) is 17.3. The number of ether oxygens (including phenoxy) is 3. The number of rotatable bonds is 14. The maximum absolute atomic E-state index is 11.7. The summed E-state index contributed by atoms with van der Waals surface area (Å²) in [6.07, 6.45) is 8.63. The van der Waals surface area contributed by atoms with Gasteiger partial charge in [-0.15, -0.1) is 0 Å². The molecule has 134 valence electrons. The summed E-state index contributed by atoms with van der Waals surface area (Å²) in [5.74, 6) is -0.340. The van der Waals surface area contributed by atoms with Crippen LogP contribution in [0.5, 0.6) is 0 Å². The monoisotopic (exact) mass is 328 g/mol. The number of carbonyl (C=O) groups excluding carboxylic acids is 2. The van der Waals surface area contributed by atoms with Crippen molar-refractivity contribution in [1.29, 1.82) is 0 Å². The molecule has 0 N–H and O–H groups in total. The summed E-state index contributed by atoms with van der Waals surface area (Å²) in [5.41, 5.74) is 0. The third-order valence-electron chi connectivity index (χ3n) is 3.50. The highest BCUT2D eigenvalue weighted by atomic mass is 16.5. The maximum Gasteiger partial charge on any atom is 0.310 e. The molecule has 0 bridgehead atoms. The van der Waals surface area contributed by atoms with Crippen LogP contribution in [0.1, 0.15) is 65.7 Å². The minimum Gasteiger partial charge on any atom is -0.466 e. The lowest BCUT2D eigenvalue weighted by molar-refractivity contribution is -0.144. The van der Waals surface area contributed by atoms with Crippen LogP contribution < -0.4 is 0 Å². The normalized spacial score (nSPS) is 12.3. The Morgan fingerprint density at radius 3 is 2.52 bits per heavy atom. The fraction of sp³-hybridized carbons (Fsp3) is 0.778. The molecule has 5 heteroatoms. The zero-order valence-corrected chi connectivity index (χ0v) is 14.8. The molecule has 0 aliphatic rings. The van der Waals surface area contributed by atoms with E-state index in [4.69, 9.17) is 14.2 Å². The predicted octanol–water partition coefficient (Wildman–Crippen LogP) is 4.01. The molecule has 0 rings (SSSR count). The van der Waals surface area contributed by atoms with E-state index in [2.05, 4.69) is 6.92 Å². The Balaban J connectivity index is 3.77. The Bertz CT molecular complexity index is 338. The molecule has 0 saturated carbocycles. The maximum atomic E-state index is 11.7. The van der Waals surface area contributed by atoms with Gasteiger partial charge in [0.05, 0.1) is 19.5 Å². The van der Waals surface area contributed by atoms with Crippen LogP contribution in [-0.2, 0) is 23.8 Å². The first-order valence-electron chi connectivity index (χ1n) is 8.71. The Kier molecular flexibility index (Phi) is 14.6. The van der Waals surface area contributed by atoms with Gasteiger partial charge in [-0.3, -0.25) is 9.59 Å². The van der Waals surface area contributed by atoms with Crippen LogP contribution in [0, 0.1) is 5.92 Å². The van der Waals surface area contributed by atoms with Gasteiger partial charge in [-0.1, -0.05) is 33.1 Å². The van der Waals surface area contributed by atoms with E-state index in [9.17, 15) is 9.59 Å². The molecule has 23 heavy (non-hydrogen) atoms. The molecule has 1 unspecified atom stereocenters. The molecule has 0 spiro atoms. The van der Waals surface area contributed by atoms with E-state index in [1.165, 1.54) is 19.1 Å². The van der Waals surface area contributed by atoms with Crippen LogP contribution in [0.4, 0.5) is 0 Å². The lowest BCUT2D eigenvalue weighted by Gasteiger charge is -2.12. The number of unbranched alkanes of at least 4 members (excludes halogenated alkanes) is 2. The van der Waals surface area contributed by atoms with Crippen molar-refractivity contribution in [3.63, 3.8) is 0 Å². The second-order valence-electron chi connectivity index (χ2n) is 5.47. The topological polar surface area (TPSA) is 61.8 Å². The molecule has 0 saturated heterocycles. The highest BCUT2D eigenvalue weighted by Crippen LogP contribution is 2.16. The van der Waals surface area contributed by atoms with Crippen molar-refractivity contribution in [2.75, 3.05) is 19.8 Å². The number of esters is 2. The van der Waals surface area contributed by atoms with E-state index < -0.39 is 0 Å². The van der Waals surface area contributed by atoms with Crippen LogP contribution in [0.25, 0.3) is 0 Å². The smallest absolute Gasteiger partial charge is 0.310 e. The largest absolute Gasteiger partial charge is 0.466 e. The fourth-order valence-corrected chi connectivity index (χ4v) is 2.06. The van der Waals surface area contributed by atoms with Gasteiger partial charge in [0.25, 0.3) is 0 Å². The SMILES string of the molecule is CCCCCOC/C=C/OC(=O)CC(CC)CCC(=O)OCC. The molecule has 0 aliphatic heterocycles. The molecule has 0 radical (unpaired) electrons. The van der Waals surface area contributed by atoms with Crippen molar-refractivity contribution in [1.82, 2.24) is 0 Å². The average Bonchev–Trinajstić information content (AvgIpc) is 2.54. The quantitative estimate of drug-likeness (QED) is 0.274. The third-order valence-corrected chi connectivity index (χ3v) is 3.50. The van der Waals surface area contributed by atoms with E-state index in [0.29, 0.717) is 32.5 Å². The summed E-state index contributed by atoms with van der Waals surface area (Å²) < 4.78 is 15.3. The molecule has 0 aromatic heterocycles. The van der Waals surface area contributed by atoms with E-state index >= 15 is 0 Å². The molecule has 0 aromatic carbocycles. The van der Waals surface area contributed by atoms with Crippen LogP contribution in [0.3, 0.4) is 0 Å². The summed E-state index contributed by atoms with van der Waals surface area (Å²) in [6.45, 7) is 7.52. The first kappa shape index (κ1) is 21.6. The van der Waals surface area contributed by atoms with E-state index in [0.717, 1.165) is 19.4 Å². The Hall–Kier alpha value is -1.36. The Morgan fingerprint density at radius 2 is 1.87 bits per heavy atom. The van der Waals surface area contributed by atoms with Crippen molar-refractivity contribution in [3.8, 4) is 0 Å². The zero-order valence-electron chi connectivity index (χ0n) is 14.8. The lowest BCUT2D eigenvalue weighted by atomic mass is 9.97. The van der Waals surface area contributed by atoms with Crippen molar-refractivity contribution >= 4 is 11.9 Å². The summed E-state index contributed by atoms with van der Waals surface area (Å²) >= 11 is 0. The van der Waals surface area contributed by atoms with E-state index in [1.807, 2.05) is 6.92 Å². The molecule has 5 nitrogen and oxygen atoms in total. The molecule has 0 aromatic rings. The standard InChI is InChI=1S/C18H32O5/c1-4-7-8-12-21-13-9-14-23-18(20)15-16(5-2)10-11-17(19)22-6-3/h9,14,16H,4-8,10-13,15H2,1-3H3/b14-9+. The Labute approximate surface area is 140 Å². The molecule has 0 fully saturated rings. The first-order chi connectivity index (χ1) is 11.1. The molecule has 0 heterocycles. The van der Waals surface area contributed by atoms with Gasteiger partial charge in [-0.05, 0) is 31.8 Å². The van der Waals surface area contributed by atoms with Gasteiger partial charge in [-0.2, -0.15) is 0 Å². The summed E-state index contributed by atoms with van der Waals surface area (Å²) in [6, 6.07) is 0. The third kappa shape index (κ3) is 14.0. The summed E-state index contributed by atoms with van der Waals surface area (Å²) in [7, 11) is 0. The fourth-order valence-electron chi connectivity index (χ4n) is 2.06. The second-order valence-corrected chi connectivity index (χ2v) is 5.47. The summed E-state index contributed by atoms with van der Waals surface area (Å²) in [5, 5.41) is 0. The number of carbonyl (C=O) groups is 2. The Morgan fingerprint density at radius 1 is 1.09 bits per heavy atom. The van der Waals surface area contributed by atoms with Gasteiger partial charge < -0.3 is 14.2 Å². The summed E-state index contributed by atoms with van der Waals surface area (Å²) in [4.78, 5) is 23.1. The van der Waals surface area contributed by atoms with Gasteiger partial charge in [0.1, 0.15) is 0 Å². The van der Waals surface area contributed by atoms with Gasteiger partial charge in [0, 0.05) is 19.4 Å². The van der Waals surface area contributed by atoms with Gasteiger partial charge in [0.15, 0.2) is 0 Å². The molecule has 0 aliphatic carbocycles. The highest BCUT2D eigenvalue weighted by Gasteiger charge is 2.14. The van der Waals surface area contributed by atoms with Gasteiger partial charge in [0.2, 0.25) is 0 Å². The predicted molar refractivity (Wildman–Crippen MR) is 89.8 cm³/mol. The van der Waals surface area contributed by atoms with Crippen molar-refractivity contribution in [3.05, 3.63) is 12.3 Å². The average molecular weight is 328 g/mol. The van der Waals surface area contributed by atoms with Crippen molar-refractivity contribution in [2.24, 2.45) is 5.92 Å². The molecule has 0 amide bonds. The van der Waals surface area contributed by atoms with E-state index in [1.54, 1.807) is 13.0 Å². The van der Waals surface area contributed by atoms with Gasteiger partial charge >= 0.3 is 11.9 Å². The highest BCUT2D eigenvalue weighted by molar-refractivity contribution is 5.71. The van der Waals surface area contributed by atoms with Gasteiger partial charge in [-0.25, -0.2) is 0 Å². The lowest BCUT2D eigenvalue weighted by Crippen LogP contribution is -2.12. The van der Waals surface area contributed by atoms with Crippen molar-refractivity contribution < 1.29 is 23.8 Å². The second kappa shape index (κ2) is 15.5. The van der Waals surface area contributed by atoms with Crippen LogP contribution in [-0.4, -0.2) is 31.8 Å². The number of hydrogen-bond donors (Lipinski definition) is 0. The molecule has 1 atom stereocenters. The minimum atomic E-state index is -0.275. The van der Waals surface area contributed by atoms with Crippen LogP contribution in [0.15, 0.2) is 12.3 Å². The number of hydrogen-bond acceptors (Lipinski definition) is 5.